The number of benzene rings is 1. The van der Waals surface area contributed by atoms with Crippen molar-refractivity contribution in [3.8, 4) is 0 Å². The Labute approximate surface area is 89.0 Å². The summed E-state index contributed by atoms with van der Waals surface area (Å²) in [5, 5.41) is 0. The minimum Gasteiger partial charge on any atom is -0.368 e. The van der Waals surface area contributed by atoms with Gasteiger partial charge in [0.05, 0.1) is 0 Å². The third-order valence-electron chi connectivity index (χ3n) is 2.27. The fraction of sp³-hybridized carbons (Fsp3) is 0.167. The van der Waals surface area contributed by atoms with E-state index in [1.165, 1.54) is 5.56 Å². The van der Waals surface area contributed by atoms with Gasteiger partial charge in [0, 0.05) is 12.4 Å². The summed E-state index contributed by atoms with van der Waals surface area (Å²) in [4.78, 5) is 7.92. The van der Waals surface area contributed by atoms with E-state index in [0.29, 0.717) is 5.95 Å². The van der Waals surface area contributed by atoms with Crippen molar-refractivity contribution in [2.24, 2.45) is 0 Å². The number of aromatic nitrogens is 2. The van der Waals surface area contributed by atoms with Crippen LogP contribution >= 0.6 is 0 Å². The molecule has 0 radical (unpaired) electrons. The van der Waals surface area contributed by atoms with Crippen LogP contribution in [0.4, 0.5) is 5.95 Å². The summed E-state index contributed by atoms with van der Waals surface area (Å²) in [5.74, 6) is 0.332. The van der Waals surface area contributed by atoms with Crippen LogP contribution in [0, 0.1) is 0 Å². The molecule has 0 unspecified atom stereocenters. The van der Waals surface area contributed by atoms with Gasteiger partial charge in [-0.25, -0.2) is 9.97 Å². The molecule has 0 saturated heterocycles. The minimum atomic E-state index is 0.332. The zero-order valence-corrected chi connectivity index (χ0v) is 8.43. The van der Waals surface area contributed by atoms with Gasteiger partial charge in [0.1, 0.15) is 0 Å². The van der Waals surface area contributed by atoms with Crippen molar-refractivity contribution < 1.29 is 0 Å². The molecule has 0 fully saturated rings. The Morgan fingerprint density at radius 3 is 2.13 bits per heavy atom. The standard InChI is InChI=1S/C12H13N3/c13-12-14-8-11(9-15-12)7-6-10-4-2-1-3-5-10/h1-5,8-9H,6-7H2,(H2,13,14,15). The molecule has 1 aromatic heterocycles. The number of hydrogen-bond donors (Lipinski definition) is 1. The van der Waals surface area contributed by atoms with Gasteiger partial charge in [-0.3, -0.25) is 0 Å². The van der Waals surface area contributed by atoms with Crippen LogP contribution in [0.15, 0.2) is 42.7 Å². The zero-order valence-electron chi connectivity index (χ0n) is 8.43. The van der Waals surface area contributed by atoms with Crippen LogP contribution in [-0.4, -0.2) is 9.97 Å². The van der Waals surface area contributed by atoms with E-state index < -0.39 is 0 Å². The average Bonchev–Trinajstić information content (AvgIpc) is 2.30. The first kappa shape index (κ1) is 9.65. The number of nitrogens with zero attached hydrogens (tertiary/aromatic N) is 2. The quantitative estimate of drug-likeness (QED) is 0.820. The van der Waals surface area contributed by atoms with E-state index in [2.05, 4.69) is 34.2 Å². The third kappa shape index (κ3) is 2.77. The van der Waals surface area contributed by atoms with E-state index in [-0.39, 0.29) is 0 Å². The Bertz CT molecular complexity index is 409. The van der Waals surface area contributed by atoms with Crippen molar-refractivity contribution >= 4 is 5.95 Å². The fourth-order valence-corrected chi connectivity index (χ4v) is 1.43. The molecule has 2 N–H and O–H groups in total. The van der Waals surface area contributed by atoms with Crippen molar-refractivity contribution in [3.63, 3.8) is 0 Å². The van der Waals surface area contributed by atoms with Gasteiger partial charge in [0.15, 0.2) is 0 Å². The molecule has 0 aliphatic carbocycles. The second-order valence-electron chi connectivity index (χ2n) is 3.44. The van der Waals surface area contributed by atoms with Crippen molar-refractivity contribution in [2.75, 3.05) is 5.73 Å². The highest BCUT2D eigenvalue weighted by Gasteiger charge is 1.96. The summed E-state index contributed by atoms with van der Waals surface area (Å²) < 4.78 is 0. The molecule has 2 rings (SSSR count). The Kier molecular flexibility index (Phi) is 2.93. The molecular formula is C12H13N3. The Morgan fingerprint density at radius 2 is 1.47 bits per heavy atom. The van der Waals surface area contributed by atoms with Crippen LogP contribution in [0.1, 0.15) is 11.1 Å². The third-order valence-corrected chi connectivity index (χ3v) is 2.27. The van der Waals surface area contributed by atoms with Gasteiger partial charge in [-0.2, -0.15) is 0 Å². The van der Waals surface area contributed by atoms with Gasteiger partial charge in [-0.05, 0) is 24.0 Å². The molecule has 0 saturated carbocycles. The summed E-state index contributed by atoms with van der Waals surface area (Å²) >= 11 is 0. The lowest BCUT2D eigenvalue weighted by molar-refractivity contribution is 0.936. The van der Waals surface area contributed by atoms with Crippen LogP contribution in [0.2, 0.25) is 0 Å². The zero-order chi connectivity index (χ0) is 10.5. The molecule has 3 heteroatoms. The number of hydrogen-bond acceptors (Lipinski definition) is 3. The Hall–Kier alpha value is -1.90. The van der Waals surface area contributed by atoms with Gasteiger partial charge in [-0.15, -0.1) is 0 Å². The van der Waals surface area contributed by atoms with Crippen molar-refractivity contribution in [1.29, 1.82) is 0 Å². The largest absolute Gasteiger partial charge is 0.368 e. The van der Waals surface area contributed by atoms with Gasteiger partial charge < -0.3 is 5.73 Å². The molecule has 1 aromatic carbocycles. The first-order valence-electron chi connectivity index (χ1n) is 4.95. The Morgan fingerprint density at radius 1 is 0.867 bits per heavy atom. The molecule has 0 atom stereocenters. The predicted molar refractivity (Wildman–Crippen MR) is 60.3 cm³/mol. The van der Waals surface area contributed by atoms with Gasteiger partial charge in [0.2, 0.25) is 5.95 Å². The highest BCUT2D eigenvalue weighted by molar-refractivity contribution is 5.20. The highest BCUT2D eigenvalue weighted by Crippen LogP contribution is 2.05. The normalized spacial score (nSPS) is 10.1. The molecule has 1 heterocycles. The summed E-state index contributed by atoms with van der Waals surface area (Å²) in [7, 11) is 0. The molecular weight excluding hydrogens is 186 g/mol. The number of anilines is 1. The molecule has 2 aromatic rings. The van der Waals surface area contributed by atoms with Crippen LogP contribution in [0.25, 0.3) is 0 Å². The van der Waals surface area contributed by atoms with Crippen molar-refractivity contribution in [2.45, 2.75) is 12.8 Å². The van der Waals surface area contributed by atoms with E-state index in [0.717, 1.165) is 18.4 Å². The van der Waals surface area contributed by atoms with E-state index in [1.807, 2.05) is 6.07 Å². The number of nitrogen functional groups attached to an aromatic ring is 1. The Balaban J connectivity index is 1.96. The lowest BCUT2D eigenvalue weighted by Gasteiger charge is -2.01. The smallest absolute Gasteiger partial charge is 0.219 e. The maximum Gasteiger partial charge on any atom is 0.219 e. The molecule has 0 bridgehead atoms. The molecule has 0 spiro atoms. The lowest BCUT2D eigenvalue weighted by atomic mass is 10.1. The summed E-state index contributed by atoms with van der Waals surface area (Å²) in [6.07, 6.45) is 5.52. The topological polar surface area (TPSA) is 51.8 Å². The highest BCUT2D eigenvalue weighted by atomic mass is 15.0. The predicted octanol–water partition coefficient (Wildman–Crippen LogP) is 1.84. The second-order valence-corrected chi connectivity index (χ2v) is 3.44. The SMILES string of the molecule is Nc1ncc(CCc2ccccc2)cn1. The fourth-order valence-electron chi connectivity index (χ4n) is 1.43. The first-order valence-corrected chi connectivity index (χ1v) is 4.95. The number of aryl methyl sites for hydroxylation is 2. The average molecular weight is 199 g/mol. The van der Waals surface area contributed by atoms with Crippen LogP contribution < -0.4 is 5.73 Å². The van der Waals surface area contributed by atoms with E-state index >= 15 is 0 Å². The molecule has 76 valence electrons. The summed E-state index contributed by atoms with van der Waals surface area (Å²) in [6, 6.07) is 10.4. The first-order chi connectivity index (χ1) is 7.34. The number of rotatable bonds is 3. The van der Waals surface area contributed by atoms with Gasteiger partial charge >= 0.3 is 0 Å². The molecule has 0 amide bonds. The molecule has 0 aliphatic heterocycles. The van der Waals surface area contributed by atoms with Crippen LogP contribution in [-0.2, 0) is 12.8 Å². The van der Waals surface area contributed by atoms with Crippen LogP contribution in [0.3, 0.4) is 0 Å². The maximum absolute atomic E-state index is 5.41. The van der Waals surface area contributed by atoms with Gasteiger partial charge in [0.25, 0.3) is 0 Å². The van der Waals surface area contributed by atoms with E-state index in [9.17, 15) is 0 Å². The molecule has 15 heavy (non-hydrogen) atoms. The van der Waals surface area contributed by atoms with Gasteiger partial charge in [-0.1, -0.05) is 30.3 Å². The minimum absolute atomic E-state index is 0.332. The molecule has 0 aliphatic rings. The van der Waals surface area contributed by atoms with E-state index in [4.69, 9.17) is 5.73 Å². The monoisotopic (exact) mass is 199 g/mol. The summed E-state index contributed by atoms with van der Waals surface area (Å²) in [5.41, 5.74) is 7.86. The van der Waals surface area contributed by atoms with Crippen molar-refractivity contribution in [1.82, 2.24) is 9.97 Å². The van der Waals surface area contributed by atoms with Crippen molar-refractivity contribution in [3.05, 3.63) is 53.9 Å². The second kappa shape index (κ2) is 4.55. The number of nitrogens with two attached hydrogens (primary N) is 1. The molecule has 3 nitrogen and oxygen atoms in total. The van der Waals surface area contributed by atoms with Crippen LogP contribution in [0.5, 0.6) is 0 Å². The lowest BCUT2D eigenvalue weighted by Crippen LogP contribution is -1.97. The maximum atomic E-state index is 5.41. The summed E-state index contributed by atoms with van der Waals surface area (Å²) in [6.45, 7) is 0. The van der Waals surface area contributed by atoms with E-state index in [1.54, 1.807) is 12.4 Å².